The normalized spacial score (nSPS) is 10.3. The van der Waals surface area contributed by atoms with Crippen LogP contribution < -0.4 is 5.32 Å². The van der Waals surface area contributed by atoms with Gasteiger partial charge >= 0.3 is 0 Å². The summed E-state index contributed by atoms with van der Waals surface area (Å²) < 4.78 is 0.804. The molecule has 0 unspecified atom stereocenters. The van der Waals surface area contributed by atoms with Gasteiger partial charge in [0.25, 0.3) is 5.91 Å². The first-order valence-corrected chi connectivity index (χ1v) is 6.54. The average molecular weight is 354 g/mol. The molecule has 1 amide bonds. The Morgan fingerprint density at radius 2 is 2.18 bits per heavy atom. The van der Waals surface area contributed by atoms with Crippen LogP contribution >= 0.6 is 50.5 Å². The molecule has 2 rings (SSSR count). The van der Waals surface area contributed by atoms with Crippen LogP contribution in [0.15, 0.2) is 16.7 Å². The first-order chi connectivity index (χ1) is 8.06. The molecule has 0 aliphatic heterocycles. The molecule has 0 saturated heterocycles. The number of aromatic nitrogens is 3. The summed E-state index contributed by atoms with van der Waals surface area (Å²) in [4.78, 5) is 15.6. The Kier molecular flexibility index (Phi) is 3.93. The molecular formula is C8H3BrCl2N4OS. The minimum atomic E-state index is -0.398. The second kappa shape index (κ2) is 5.26. The molecule has 1 N–H and O–H groups in total. The van der Waals surface area contributed by atoms with Crippen molar-refractivity contribution in [2.24, 2.45) is 0 Å². The summed E-state index contributed by atoms with van der Waals surface area (Å²) in [5, 5.41) is 10.3. The van der Waals surface area contributed by atoms with Crippen molar-refractivity contribution >= 4 is 62.1 Å². The van der Waals surface area contributed by atoms with Crippen LogP contribution in [0.4, 0.5) is 5.69 Å². The number of pyridine rings is 1. The van der Waals surface area contributed by atoms with Gasteiger partial charge in [0.1, 0.15) is 5.15 Å². The zero-order valence-corrected chi connectivity index (χ0v) is 11.9. The number of carbonyl (C=O) groups excluding carboxylic acids is 1. The number of rotatable bonds is 2. The van der Waals surface area contributed by atoms with Crippen LogP contribution in [0, 0.1) is 0 Å². The molecule has 0 aliphatic carbocycles. The molecule has 17 heavy (non-hydrogen) atoms. The molecule has 0 aromatic carbocycles. The number of nitrogens with one attached hydrogen (secondary N) is 1. The predicted octanol–water partition coefficient (Wildman–Crippen LogP) is 3.25. The van der Waals surface area contributed by atoms with E-state index in [2.05, 4.69) is 36.4 Å². The zero-order chi connectivity index (χ0) is 12.4. The lowest BCUT2D eigenvalue weighted by atomic mass is 10.4. The summed E-state index contributed by atoms with van der Waals surface area (Å²) in [6.07, 6.45) is 1.44. The second-order valence-electron chi connectivity index (χ2n) is 2.81. The molecule has 0 aliphatic rings. The van der Waals surface area contributed by atoms with Crippen molar-refractivity contribution in [2.75, 3.05) is 5.32 Å². The van der Waals surface area contributed by atoms with Crippen LogP contribution in [0.25, 0.3) is 0 Å². The number of anilines is 1. The lowest BCUT2D eigenvalue weighted by molar-refractivity contribution is 0.102. The van der Waals surface area contributed by atoms with Gasteiger partial charge in [0, 0.05) is 0 Å². The van der Waals surface area contributed by atoms with Crippen LogP contribution in [0.2, 0.25) is 9.62 Å². The topological polar surface area (TPSA) is 67.8 Å². The number of nitrogens with zero attached hydrogens (tertiary/aromatic N) is 3. The van der Waals surface area contributed by atoms with Gasteiger partial charge in [-0.15, -0.1) is 10.2 Å². The molecule has 5 nitrogen and oxygen atoms in total. The van der Waals surface area contributed by atoms with Crippen LogP contribution in [0.3, 0.4) is 0 Å². The van der Waals surface area contributed by atoms with Crippen molar-refractivity contribution in [3.63, 3.8) is 0 Å². The van der Waals surface area contributed by atoms with Crippen LogP contribution in [0.1, 0.15) is 9.80 Å². The van der Waals surface area contributed by atoms with Gasteiger partial charge in [0.15, 0.2) is 0 Å². The molecule has 2 heterocycles. The maximum atomic E-state index is 11.7. The largest absolute Gasteiger partial charge is 0.318 e. The first kappa shape index (κ1) is 12.7. The predicted molar refractivity (Wildman–Crippen MR) is 69.8 cm³/mol. The summed E-state index contributed by atoms with van der Waals surface area (Å²) in [5.41, 5.74) is 0.498. The summed E-state index contributed by atoms with van der Waals surface area (Å²) in [6, 6.07) is 1.63. The first-order valence-electron chi connectivity index (χ1n) is 4.17. The quantitative estimate of drug-likeness (QED) is 0.841. The molecule has 0 saturated carbocycles. The highest BCUT2D eigenvalue weighted by molar-refractivity contribution is 9.10. The second-order valence-corrected chi connectivity index (χ2v) is 5.58. The summed E-state index contributed by atoms with van der Waals surface area (Å²) in [6.45, 7) is 0. The SMILES string of the molecule is O=C(Nc1cnc(Cl)c(Br)c1)c1nnc(Cl)s1. The lowest BCUT2D eigenvalue weighted by Crippen LogP contribution is -2.11. The molecular weight excluding hydrogens is 351 g/mol. The molecule has 88 valence electrons. The highest BCUT2D eigenvalue weighted by Crippen LogP contribution is 2.23. The number of halogens is 3. The van der Waals surface area contributed by atoms with E-state index in [1.807, 2.05) is 0 Å². The van der Waals surface area contributed by atoms with Crippen molar-refractivity contribution in [3.05, 3.63) is 31.4 Å². The maximum Gasteiger partial charge on any atom is 0.286 e. The number of amides is 1. The van der Waals surface area contributed by atoms with Crippen molar-refractivity contribution < 1.29 is 4.79 Å². The van der Waals surface area contributed by atoms with Gasteiger partial charge in [-0.05, 0) is 33.6 Å². The maximum absolute atomic E-state index is 11.7. The number of hydrogen-bond donors (Lipinski definition) is 1. The highest BCUT2D eigenvalue weighted by atomic mass is 79.9. The Morgan fingerprint density at radius 3 is 2.76 bits per heavy atom. The Morgan fingerprint density at radius 1 is 1.41 bits per heavy atom. The van der Waals surface area contributed by atoms with E-state index in [0.29, 0.717) is 15.3 Å². The summed E-state index contributed by atoms with van der Waals surface area (Å²) in [5.74, 6) is -0.398. The summed E-state index contributed by atoms with van der Waals surface area (Å²) in [7, 11) is 0. The number of hydrogen-bond acceptors (Lipinski definition) is 5. The number of carbonyl (C=O) groups is 1. The summed E-state index contributed by atoms with van der Waals surface area (Å²) >= 11 is 15.5. The van der Waals surface area contributed by atoms with Crippen LogP contribution in [-0.4, -0.2) is 21.1 Å². The van der Waals surface area contributed by atoms with Crippen molar-refractivity contribution in [2.45, 2.75) is 0 Å². The van der Waals surface area contributed by atoms with E-state index in [1.54, 1.807) is 6.07 Å². The van der Waals surface area contributed by atoms with E-state index in [0.717, 1.165) is 11.3 Å². The van der Waals surface area contributed by atoms with E-state index in [1.165, 1.54) is 6.20 Å². The molecule has 0 bridgehead atoms. The fourth-order valence-electron chi connectivity index (χ4n) is 0.971. The Balaban J connectivity index is 2.15. The standard InChI is InChI=1S/C8H3BrCl2N4OS/c9-4-1-3(2-12-5(4)10)13-6(16)7-14-15-8(11)17-7/h1-2H,(H,13,16). The van der Waals surface area contributed by atoms with Gasteiger partial charge < -0.3 is 5.32 Å². The van der Waals surface area contributed by atoms with Gasteiger partial charge in [-0.1, -0.05) is 22.9 Å². The van der Waals surface area contributed by atoms with Gasteiger partial charge in [-0.25, -0.2) is 4.98 Å². The molecule has 0 atom stereocenters. The molecule has 2 aromatic rings. The third kappa shape index (κ3) is 3.12. The van der Waals surface area contributed by atoms with E-state index in [-0.39, 0.29) is 9.47 Å². The monoisotopic (exact) mass is 352 g/mol. The van der Waals surface area contributed by atoms with Crippen LogP contribution in [-0.2, 0) is 0 Å². The van der Waals surface area contributed by atoms with E-state index in [9.17, 15) is 4.79 Å². The lowest BCUT2D eigenvalue weighted by Gasteiger charge is -2.03. The van der Waals surface area contributed by atoms with E-state index < -0.39 is 5.91 Å². The molecule has 2 aromatic heterocycles. The Bertz CT molecular complexity index is 576. The van der Waals surface area contributed by atoms with Gasteiger partial charge in [0.05, 0.1) is 16.4 Å². The minimum absolute atomic E-state index is 0.182. The third-order valence-electron chi connectivity index (χ3n) is 1.65. The smallest absolute Gasteiger partial charge is 0.286 e. The van der Waals surface area contributed by atoms with Gasteiger partial charge in [-0.3, -0.25) is 4.79 Å². The van der Waals surface area contributed by atoms with Gasteiger partial charge in [-0.2, -0.15) is 0 Å². The van der Waals surface area contributed by atoms with E-state index in [4.69, 9.17) is 23.2 Å². The van der Waals surface area contributed by atoms with E-state index >= 15 is 0 Å². The molecule has 0 radical (unpaired) electrons. The Hall–Kier alpha value is -0.760. The van der Waals surface area contributed by atoms with Crippen molar-refractivity contribution in [1.82, 2.24) is 15.2 Å². The highest BCUT2D eigenvalue weighted by Gasteiger charge is 2.12. The molecule has 0 spiro atoms. The fourth-order valence-corrected chi connectivity index (χ4v) is 2.15. The third-order valence-corrected chi connectivity index (χ3v) is 3.80. The van der Waals surface area contributed by atoms with Crippen molar-refractivity contribution in [1.29, 1.82) is 0 Å². The fraction of sp³-hybridized carbons (Fsp3) is 0. The van der Waals surface area contributed by atoms with Crippen molar-refractivity contribution in [3.8, 4) is 0 Å². The molecule has 9 heteroatoms. The van der Waals surface area contributed by atoms with Crippen LogP contribution in [0.5, 0.6) is 0 Å². The van der Waals surface area contributed by atoms with Gasteiger partial charge in [0.2, 0.25) is 9.47 Å². The average Bonchev–Trinajstić information content (AvgIpc) is 2.70. The minimum Gasteiger partial charge on any atom is -0.318 e. The Labute approximate surface area is 118 Å². The molecule has 0 fully saturated rings. The zero-order valence-electron chi connectivity index (χ0n) is 7.95.